The summed E-state index contributed by atoms with van der Waals surface area (Å²) in [6.45, 7) is 6.35. The molecule has 1 amide bonds. The molecule has 6 nitrogen and oxygen atoms in total. The zero-order valence-corrected chi connectivity index (χ0v) is 17.0. The molecule has 0 unspecified atom stereocenters. The van der Waals surface area contributed by atoms with Gasteiger partial charge < -0.3 is 19.6 Å². The van der Waals surface area contributed by atoms with Gasteiger partial charge in [-0.1, -0.05) is 13.0 Å². The van der Waals surface area contributed by atoms with Crippen LogP contribution in [-0.4, -0.2) is 67.2 Å². The quantitative estimate of drug-likeness (QED) is 0.773. The number of carbonyl (C=O) groups excluding carboxylic acids is 1. The maximum Gasteiger partial charge on any atom is 0.236 e. The molecule has 0 bridgehead atoms. The van der Waals surface area contributed by atoms with Crippen LogP contribution in [-0.2, 0) is 11.3 Å². The third-order valence-corrected chi connectivity index (χ3v) is 5.28. The van der Waals surface area contributed by atoms with E-state index in [1.54, 1.807) is 18.2 Å². The zero-order valence-electron chi connectivity index (χ0n) is 17.0. The monoisotopic (exact) mass is 401 g/mol. The van der Waals surface area contributed by atoms with Gasteiger partial charge in [0.05, 0.1) is 13.7 Å². The summed E-state index contributed by atoms with van der Waals surface area (Å²) in [5.74, 6) is 0.169. The number of ether oxygens (including phenoxy) is 1. The number of likely N-dealkylation sites (N-methyl/N-ethyl adjacent to an activating group) is 1. The molecule has 0 radical (unpaired) electrons. The van der Waals surface area contributed by atoms with Gasteiger partial charge in [-0.2, -0.15) is 0 Å². The van der Waals surface area contributed by atoms with Crippen LogP contribution in [0, 0.1) is 5.82 Å². The van der Waals surface area contributed by atoms with Crippen molar-refractivity contribution in [3.8, 4) is 11.5 Å². The van der Waals surface area contributed by atoms with E-state index in [0.29, 0.717) is 32.7 Å². The molecule has 0 aromatic heterocycles. The molecule has 0 saturated carbocycles. The topological polar surface area (TPSA) is 56.3 Å². The third-order valence-electron chi connectivity index (χ3n) is 5.28. The minimum atomic E-state index is -0.391. The van der Waals surface area contributed by atoms with Gasteiger partial charge in [-0.25, -0.2) is 4.39 Å². The molecule has 0 spiro atoms. The van der Waals surface area contributed by atoms with Crippen molar-refractivity contribution in [1.29, 1.82) is 0 Å². The van der Waals surface area contributed by atoms with E-state index in [4.69, 9.17) is 4.74 Å². The van der Waals surface area contributed by atoms with Gasteiger partial charge in [0.1, 0.15) is 5.75 Å². The van der Waals surface area contributed by atoms with Gasteiger partial charge in [0, 0.05) is 38.4 Å². The molecule has 29 heavy (non-hydrogen) atoms. The molecule has 2 aromatic carbocycles. The average Bonchev–Trinajstić information content (AvgIpc) is 2.74. The fourth-order valence-corrected chi connectivity index (χ4v) is 3.51. The van der Waals surface area contributed by atoms with Crippen molar-refractivity contribution in [3.63, 3.8) is 0 Å². The summed E-state index contributed by atoms with van der Waals surface area (Å²) in [6, 6.07) is 12.0. The molecule has 7 heteroatoms. The number of amides is 1. The number of halogens is 1. The lowest BCUT2D eigenvalue weighted by Gasteiger charge is -2.37. The number of anilines is 1. The van der Waals surface area contributed by atoms with Gasteiger partial charge in [0.25, 0.3) is 0 Å². The Bertz CT molecular complexity index is 821. The summed E-state index contributed by atoms with van der Waals surface area (Å²) in [5, 5.41) is 9.42. The van der Waals surface area contributed by atoms with Crippen molar-refractivity contribution in [2.75, 3.05) is 51.3 Å². The van der Waals surface area contributed by atoms with Crippen LogP contribution in [0.3, 0.4) is 0 Å². The van der Waals surface area contributed by atoms with E-state index >= 15 is 0 Å². The standard InChI is InChI=1S/C22H28FN3O3/c1-3-24(15-17-4-9-21(29-2)20(23)14-17)16-22(28)26-12-10-25(11-13-26)18-5-7-19(27)8-6-18/h4-9,14,27H,3,10-13,15-16H2,1-2H3. The van der Waals surface area contributed by atoms with Gasteiger partial charge in [0.2, 0.25) is 5.91 Å². The van der Waals surface area contributed by atoms with E-state index in [2.05, 4.69) is 4.90 Å². The number of phenolic OH excluding ortho intramolecular Hbond substituents is 1. The molecule has 0 aliphatic carbocycles. The highest BCUT2D eigenvalue weighted by Crippen LogP contribution is 2.21. The summed E-state index contributed by atoms with van der Waals surface area (Å²) in [6.07, 6.45) is 0. The molecular weight excluding hydrogens is 373 g/mol. The number of phenols is 1. The first kappa shape index (κ1) is 20.9. The van der Waals surface area contributed by atoms with Crippen molar-refractivity contribution in [1.82, 2.24) is 9.80 Å². The molecule has 156 valence electrons. The second-order valence-corrected chi connectivity index (χ2v) is 7.16. The number of hydrogen-bond acceptors (Lipinski definition) is 5. The number of piperazine rings is 1. The van der Waals surface area contributed by atoms with E-state index in [1.807, 2.05) is 34.9 Å². The second-order valence-electron chi connectivity index (χ2n) is 7.16. The molecule has 1 heterocycles. The summed E-state index contributed by atoms with van der Waals surface area (Å²) in [4.78, 5) is 18.9. The molecule has 3 rings (SSSR count). The van der Waals surface area contributed by atoms with Crippen LogP contribution in [0.25, 0.3) is 0 Å². The normalized spacial score (nSPS) is 14.3. The maximum atomic E-state index is 13.9. The maximum absolute atomic E-state index is 13.9. The van der Waals surface area contributed by atoms with E-state index < -0.39 is 5.82 Å². The average molecular weight is 401 g/mol. The van der Waals surface area contributed by atoms with Gasteiger partial charge in [-0.15, -0.1) is 0 Å². The van der Waals surface area contributed by atoms with E-state index in [9.17, 15) is 14.3 Å². The second kappa shape index (κ2) is 9.60. The Morgan fingerprint density at radius 3 is 2.41 bits per heavy atom. The Morgan fingerprint density at radius 1 is 1.14 bits per heavy atom. The first-order valence-corrected chi connectivity index (χ1v) is 9.86. The molecule has 1 aliphatic heterocycles. The molecule has 1 saturated heterocycles. The Labute approximate surface area is 171 Å². The highest BCUT2D eigenvalue weighted by molar-refractivity contribution is 5.78. The number of carbonyl (C=O) groups is 1. The number of benzene rings is 2. The van der Waals surface area contributed by atoms with Crippen LogP contribution in [0.2, 0.25) is 0 Å². The first-order chi connectivity index (χ1) is 14.0. The highest BCUT2D eigenvalue weighted by atomic mass is 19.1. The number of hydrogen-bond donors (Lipinski definition) is 1. The Balaban J connectivity index is 1.52. The van der Waals surface area contributed by atoms with Crippen LogP contribution < -0.4 is 9.64 Å². The van der Waals surface area contributed by atoms with Crippen LogP contribution in [0.15, 0.2) is 42.5 Å². The van der Waals surface area contributed by atoms with Crippen molar-refractivity contribution >= 4 is 11.6 Å². The smallest absolute Gasteiger partial charge is 0.236 e. The summed E-state index contributed by atoms with van der Waals surface area (Å²) >= 11 is 0. The minimum absolute atomic E-state index is 0.0891. The van der Waals surface area contributed by atoms with Crippen LogP contribution in [0.1, 0.15) is 12.5 Å². The van der Waals surface area contributed by atoms with Crippen molar-refractivity contribution in [3.05, 3.63) is 53.8 Å². The largest absolute Gasteiger partial charge is 0.508 e. The van der Waals surface area contributed by atoms with Gasteiger partial charge in [-0.05, 0) is 48.5 Å². The minimum Gasteiger partial charge on any atom is -0.508 e. The van der Waals surface area contributed by atoms with Crippen molar-refractivity contribution in [2.45, 2.75) is 13.5 Å². The third kappa shape index (κ3) is 5.38. The van der Waals surface area contributed by atoms with Crippen LogP contribution in [0.5, 0.6) is 11.5 Å². The molecular formula is C22H28FN3O3. The summed E-state index contributed by atoms with van der Waals surface area (Å²) in [7, 11) is 1.44. The van der Waals surface area contributed by atoms with E-state index in [-0.39, 0.29) is 17.4 Å². The fourth-order valence-electron chi connectivity index (χ4n) is 3.51. The Morgan fingerprint density at radius 2 is 1.83 bits per heavy atom. The van der Waals surface area contributed by atoms with Gasteiger partial charge in [-0.3, -0.25) is 9.69 Å². The molecule has 1 N–H and O–H groups in total. The van der Waals surface area contributed by atoms with Gasteiger partial charge >= 0.3 is 0 Å². The first-order valence-electron chi connectivity index (χ1n) is 9.86. The van der Waals surface area contributed by atoms with Crippen molar-refractivity contribution < 1.29 is 19.0 Å². The predicted molar refractivity (Wildman–Crippen MR) is 111 cm³/mol. The fraction of sp³-hybridized carbons (Fsp3) is 0.409. The van der Waals surface area contributed by atoms with Crippen LogP contribution in [0.4, 0.5) is 10.1 Å². The Hall–Kier alpha value is -2.80. The molecule has 1 aliphatic rings. The number of rotatable bonds is 7. The molecule has 0 atom stereocenters. The SMILES string of the molecule is CCN(CC(=O)N1CCN(c2ccc(O)cc2)CC1)Cc1ccc(OC)c(F)c1. The number of methoxy groups -OCH3 is 1. The lowest BCUT2D eigenvalue weighted by atomic mass is 10.2. The van der Waals surface area contributed by atoms with Crippen LogP contribution >= 0.6 is 0 Å². The number of nitrogens with zero attached hydrogens (tertiary/aromatic N) is 3. The highest BCUT2D eigenvalue weighted by Gasteiger charge is 2.22. The van der Waals surface area contributed by atoms with Crippen molar-refractivity contribution in [2.24, 2.45) is 0 Å². The predicted octanol–water partition coefficient (Wildman–Crippen LogP) is 2.71. The number of aromatic hydroxyl groups is 1. The zero-order chi connectivity index (χ0) is 20.8. The van der Waals surface area contributed by atoms with E-state index in [0.717, 1.165) is 24.3 Å². The lowest BCUT2D eigenvalue weighted by molar-refractivity contribution is -0.132. The lowest BCUT2D eigenvalue weighted by Crippen LogP contribution is -2.51. The Kier molecular flexibility index (Phi) is 6.93. The van der Waals surface area contributed by atoms with E-state index in [1.165, 1.54) is 13.2 Å². The summed E-state index contributed by atoms with van der Waals surface area (Å²) < 4.78 is 18.9. The molecule has 1 fully saturated rings. The summed E-state index contributed by atoms with van der Waals surface area (Å²) in [5.41, 5.74) is 1.86. The molecule has 2 aromatic rings. The van der Waals surface area contributed by atoms with Gasteiger partial charge in [0.15, 0.2) is 11.6 Å².